The van der Waals surface area contributed by atoms with Crippen LogP contribution in [0.15, 0.2) is 48.5 Å². The lowest BCUT2D eigenvalue weighted by Crippen LogP contribution is -1.95. The smallest absolute Gasteiger partial charge is 0.119 e. The van der Waals surface area contributed by atoms with E-state index < -0.39 is 0 Å². The van der Waals surface area contributed by atoms with Gasteiger partial charge < -0.3 is 4.74 Å². The predicted octanol–water partition coefficient (Wildman–Crippen LogP) is 3.88. The molecular weight excluding hydrogens is 246 g/mol. The van der Waals surface area contributed by atoms with Crippen LogP contribution in [-0.2, 0) is 12.5 Å². The van der Waals surface area contributed by atoms with Crippen LogP contribution in [0.2, 0.25) is 0 Å². The Morgan fingerprint density at radius 1 is 1.06 bits per heavy atom. The zero-order chi connectivity index (χ0) is 12.8. The van der Waals surface area contributed by atoms with Crippen molar-refractivity contribution in [3.8, 4) is 11.8 Å². The van der Waals surface area contributed by atoms with E-state index in [9.17, 15) is 0 Å². The quantitative estimate of drug-likeness (QED) is 0.779. The molecule has 0 heterocycles. The highest BCUT2D eigenvalue weighted by atomic mass is 35.5. The van der Waals surface area contributed by atoms with Crippen molar-refractivity contribution in [2.75, 3.05) is 0 Å². The number of rotatable bonds is 4. The summed E-state index contributed by atoms with van der Waals surface area (Å²) in [5.41, 5.74) is 2.69. The average Bonchev–Trinajstić information content (AvgIpc) is 2.46. The maximum atomic E-state index is 8.80. The van der Waals surface area contributed by atoms with Crippen LogP contribution in [0.1, 0.15) is 16.7 Å². The van der Waals surface area contributed by atoms with E-state index in [1.165, 1.54) is 0 Å². The molecular formula is C15H12ClNO. The fraction of sp³-hybridized carbons (Fsp3) is 0.133. The third kappa shape index (κ3) is 3.26. The zero-order valence-electron chi connectivity index (χ0n) is 9.77. The molecule has 0 aliphatic rings. The molecule has 0 N–H and O–H groups in total. The van der Waals surface area contributed by atoms with E-state index in [0.717, 1.165) is 16.9 Å². The van der Waals surface area contributed by atoms with E-state index in [4.69, 9.17) is 21.6 Å². The van der Waals surface area contributed by atoms with Gasteiger partial charge in [-0.3, -0.25) is 0 Å². The van der Waals surface area contributed by atoms with Crippen molar-refractivity contribution < 1.29 is 4.74 Å². The van der Waals surface area contributed by atoms with Crippen LogP contribution in [0.4, 0.5) is 0 Å². The third-order valence-corrected chi connectivity index (χ3v) is 2.85. The van der Waals surface area contributed by atoms with Gasteiger partial charge in [-0.2, -0.15) is 5.26 Å². The van der Waals surface area contributed by atoms with Crippen molar-refractivity contribution in [3.63, 3.8) is 0 Å². The Balaban J connectivity index is 2.00. The minimum Gasteiger partial charge on any atom is -0.489 e. The molecule has 0 saturated heterocycles. The fourth-order valence-corrected chi connectivity index (χ4v) is 1.75. The summed E-state index contributed by atoms with van der Waals surface area (Å²) in [6.07, 6.45) is 0. The Morgan fingerprint density at radius 2 is 1.83 bits per heavy atom. The topological polar surface area (TPSA) is 33.0 Å². The second-order valence-corrected chi connectivity index (χ2v) is 4.15. The summed E-state index contributed by atoms with van der Waals surface area (Å²) in [7, 11) is 0. The minimum atomic E-state index is 0.454. The molecule has 0 amide bonds. The number of halogens is 1. The molecule has 0 saturated carbocycles. The average molecular weight is 258 g/mol. The molecule has 0 bridgehead atoms. The lowest BCUT2D eigenvalue weighted by Gasteiger charge is -2.07. The molecule has 2 aromatic rings. The zero-order valence-corrected chi connectivity index (χ0v) is 10.5. The maximum Gasteiger partial charge on any atom is 0.119 e. The van der Waals surface area contributed by atoms with Gasteiger partial charge in [-0.25, -0.2) is 0 Å². The largest absolute Gasteiger partial charge is 0.489 e. The second kappa shape index (κ2) is 6.09. The highest BCUT2D eigenvalue weighted by molar-refractivity contribution is 6.17. The van der Waals surface area contributed by atoms with Crippen molar-refractivity contribution >= 4 is 11.6 Å². The molecule has 2 aromatic carbocycles. The van der Waals surface area contributed by atoms with Gasteiger partial charge in [-0.05, 0) is 35.4 Å². The molecule has 90 valence electrons. The summed E-state index contributed by atoms with van der Waals surface area (Å²) in [4.78, 5) is 0. The molecule has 2 rings (SSSR count). The molecule has 2 nitrogen and oxygen atoms in total. The second-order valence-electron chi connectivity index (χ2n) is 3.88. The third-order valence-electron chi connectivity index (χ3n) is 2.54. The Bertz CT molecular complexity index is 557. The molecule has 0 aliphatic carbocycles. The number of hydrogen-bond acceptors (Lipinski definition) is 2. The lowest BCUT2D eigenvalue weighted by molar-refractivity contribution is 0.306. The predicted molar refractivity (Wildman–Crippen MR) is 71.5 cm³/mol. The minimum absolute atomic E-state index is 0.454. The SMILES string of the molecule is N#Cc1cccc(COc2ccc(CCl)cc2)c1. The van der Waals surface area contributed by atoms with Crippen molar-refractivity contribution in [3.05, 3.63) is 65.2 Å². The molecule has 0 aromatic heterocycles. The van der Waals surface area contributed by atoms with Crippen LogP contribution in [0.3, 0.4) is 0 Å². The van der Waals surface area contributed by atoms with Crippen LogP contribution in [0.25, 0.3) is 0 Å². The lowest BCUT2D eigenvalue weighted by atomic mass is 10.1. The highest BCUT2D eigenvalue weighted by Gasteiger charge is 1.98. The summed E-state index contributed by atoms with van der Waals surface area (Å²) in [6.45, 7) is 0.454. The van der Waals surface area contributed by atoms with Crippen LogP contribution < -0.4 is 4.74 Å². The Labute approximate surface area is 111 Å². The number of benzene rings is 2. The van der Waals surface area contributed by atoms with Crippen LogP contribution >= 0.6 is 11.6 Å². The monoisotopic (exact) mass is 257 g/mol. The van der Waals surface area contributed by atoms with Crippen molar-refractivity contribution in [1.82, 2.24) is 0 Å². The molecule has 0 spiro atoms. The van der Waals surface area contributed by atoms with E-state index in [-0.39, 0.29) is 0 Å². The highest BCUT2D eigenvalue weighted by Crippen LogP contribution is 2.15. The van der Waals surface area contributed by atoms with Crippen LogP contribution in [0.5, 0.6) is 5.75 Å². The van der Waals surface area contributed by atoms with Gasteiger partial charge in [-0.15, -0.1) is 11.6 Å². The number of nitriles is 1. The standard InChI is InChI=1S/C15H12ClNO/c16-9-12-4-6-15(7-5-12)18-11-14-3-1-2-13(8-14)10-17/h1-8H,9,11H2. The van der Waals surface area contributed by atoms with Gasteiger partial charge in [0.1, 0.15) is 12.4 Å². The summed E-state index contributed by atoms with van der Waals surface area (Å²) in [6, 6.07) is 17.2. The number of nitrogens with zero attached hydrogens (tertiary/aromatic N) is 1. The van der Waals surface area contributed by atoms with Crippen molar-refractivity contribution in [2.24, 2.45) is 0 Å². The van der Waals surface area contributed by atoms with Gasteiger partial charge in [0.05, 0.1) is 11.6 Å². The number of alkyl halides is 1. The van der Waals surface area contributed by atoms with E-state index in [1.54, 1.807) is 6.07 Å². The van der Waals surface area contributed by atoms with Crippen molar-refractivity contribution in [1.29, 1.82) is 5.26 Å². The van der Waals surface area contributed by atoms with Gasteiger partial charge in [0.15, 0.2) is 0 Å². The van der Waals surface area contributed by atoms with Gasteiger partial charge in [0.25, 0.3) is 0 Å². The normalized spacial score (nSPS) is 9.78. The summed E-state index contributed by atoms with van der Waals surface area (Å²) in [5.74, 6) is 1.30. The van der Waals surface area contributed by atoms with Gasteiger partial charge >= 0.3 is 0 Å². The Morgan fingerprint density at radius 3 is 2.50 bits per heavy atom. The van der Waals surface area contributed by atoms with E-state index >= 15 is 0 Å². The van der Waals surface area contributed by atoms with Gasteiger partial charge in [-0.1, -0.05) is 24.3 Å². The van der Waals surface area contributed by atoms with E-state index in [0.29, 0.717) is 18.1 Å². The first-order chi connectivity index (χ1) is 8.81. The summed E-state index contributed by atoms with van der Waals surface area (Å²) < 4.78 is 5.64. The molecule has 0 aliphatic heterocycles. The molecule has 0 fully saturated rings. The molecule has 3 heteroatoms. The Kier molecular flexibility index (Phi) is 4.22. The first-order valence-electron chi connectivity index (χ1n) is 5.58. The van der Waals surface area contributed by atoms with Crippen LogP contribution in [-0.4, -0.2) is 0 Å². The number of ether oxygens (including phenoxy) is 1. The number of hydrogen-bond donors (Lipinski definition) is 0. The molecule has 0 unspecified atom stereocenters. The summed E-state index contributed by atoms with van der Waals surface area (Å²) in [5, 5.41) is 8.80. The Hall–Kier alpha value is -1.98. The van der Waals surface area contributed by atoms with Crippen molar-refractivity contribution in [2.45, 2.75) is 12.5 Å². The maximum absolute atomic E-state index is 8.80. The van der Waals surface area contributed by atoms with Gasteiger partial charge in [0, 0.05) is 5.88 Å². The fourth-order valence-electron chi connectivity index (χ4n) is 1.57. The van der Waals surface area contributed by atoms with Gasteiger partial charge in [0.2, 0.25) is 0 Å². The van der Waals surface area contributed by atoms with E-state index in [2.05, 4.69) is 6.07 Å². The molecule has 0 radical (unpaired) electrons. The van der Waals surface area contributed by atoms with Crippen LogP contribution in [0, 0.1) is 11.3 Å². The first kappa shape index (κ1) is 12.5. The first-order valence-corrected chi connectivity index (χ1v) is 6.12. The molecule has 0 atom stereocenters. The molecule has 18 heavy (non-hydrogen) atoms. The van der Waals surface area contributed by atoms with E-state index in [1.807, 2.05) is 42.5 Å². The summed E-state index contributed by atoms with van der Waals surface area (Å²) >= 11 is 5.71.